The van der Waals surface area contributed by atoms with Crippen molar-refractivity contribution in [2.75, 3.05) is 0 Å². The van der Waals surface area contributed by atoms with Crippen molar-refractivity contribution in [2.24, 2.45) is 0 Å². The molecule has 1 aromatic heterocycles. The van der Waals surface area contributed by atoms with E-state index >= 15 is 0 Å². The quantitative estimate of drug-likeness (QED) is 0.691. The maximum atomic E-state index is 12.2. The zero-order chi connectivity index (χ0) is 15.5. The van der Waals surface area contributed by atoms with Gasteiger partial charge in [0.1, 0.15) is 0 Å². The summed E-state index contributed by atoms with van der Waals surface area (Å²) in [6.07, 6.45) is 1.82. The van der Waals surface area contributed by atoms with Crippen LogP contribution < -0.4 is 5.32 Å². The molecule has 0 saturated heterocycles. The van der Waals surface area contributed by atoms with Crippen LogP contribution in [0.25, 0.3) is 10.9 Å². The second-order valence-electron chi connectivity index (χ2n) is 4.82. The average Bonchev–Trinajstić information content (AvgIpc) is 3.01. The molecule has 5 nitrogen and oxygen atoms in total. The third-order valence-electron chi connectivity index (χ3n) is 3.45. The van der Waals surface area contributed by atoms with Gasteiger partial charge in [0, 0.05) is 23.6 Å². The van der Waals surface area contributed by atoms with Gasteiger partial charge in [-0.15, -0.1) is 0 Å². The lowest BCUT2D eigenvalue weighted by Crippen LogP contribution is -2.25. The highest BCUT2D eigenvalue weighted by Gasteiger charge is 2.15. The van der Waals surface area contributed by atoms with Crippen LogP contribution >= 0.6 is 0 Å². The van der Waals surface area contributed by atoms with Gasteiger partial charge in [-0.1, -0.05) is 12.1 Å². The van der Waals surface area contributed by atoms with Crippen molar-refractivity contribution in [3.8, 4) is 0 Å². The molecule has 0 unspecified atom stereocenters. The number of hydrogen-bond donors (Lipinski definition) is 3. The van der Waals surface area contributed by atoms with Gasteiger partial charge in [0.25, 0.3) is 5.91 Å². The summed E-state index contributed by atoms with van der Waals surface area (Å²) in [6, 6.07) is 14.7. The molecule has 5 heteroatoms. The normalized spacial score (nSPS) is 10.5. The van der Waals surface area contributed by atoms with E-state index in [1.165, 1.54) is 12.1 Å². The van der Waals surface area contributed by atoms with Crippen molar-refractivity contribution in [3.05, 3.63) is 71.4 Å². The summed E-state index contributed by atoms with van der Waals surface area (Å²) in [4.78, 5) is 26.5. The van der Waals surface area contributed by atoms with E-state index in [1.807, 2.05) is 18.3 Å². The Balaban J connectivity index is 1.81. The second kappa shape index (κ2) is 5.73. The summed E-state index contributed by atoms with van der Waals surface area (Å²) in [5, 5.41) is 12.9. The summed E-state index contributed by atoms with van der Waals surface area (Å²) in [7, 11) is 0. The minimum Gasteiger partial charge on any atom is -0.478 e. The lowest BCUT2D eigenvalue weighted by Gasteiger charge is -2.08. The molecule has 1 amide bonds. The largest absolute Gasteiger partial charge is 0.478 e. The Morgan fingerprint density at radius 1 is 1.14 bits per heavy atom. The molecule has 0 bridgehead atoms. The van der Waals surface area contributed by atoms with Gasteiger partial charge in [0.15, 0.2) is 0 Å². The minimum atomic E-state index is -1.12. The van der Waals surface area contributed by atoms with Crippen LogP contribution in [0.15, 0.2) is 48.7 Å². The Morgan fingerprint density at radius 3 is 2.68 bits per heavy atom. The molecule has 1 heterocycles. The fourth-order valence-electron chi connectivity index (χ4n) is 2.37. The Morgan fingerprint density at radius 2 is 1.91 bits per heavy atom. The molecule has 1 radical (unpaired) electrons. The monoisotopic (exact) mass is 293 g/mol. The van der Waals surface area contributed by atoms with Crippen molar-refractivity contribution < 1.29 is 14.7 Å². The van der Waals surface area contributed by atoms with Crippen LogP contribution in [0, 0.1) is 6.07 Å². The number of aromatic nitrogens is 1. The van der Waals surface area contributed by atoms with Gasteiger partial charge in [0.05, 0.1) is 11.1 Å². The summed E-state index contributed by atoms with van der Waals surface area (Å²) >= 11 is 0. The number of rotatable bonds is 4. The fraction of sp³-hybridized carbons (Fsp3) is 0.0588. The number of nitrogens with one attached hydrogen (secondary N) is 2. The molecule has 3 rings (SSSR count). The van der Waals surface area contributed by atoms with E-state index in [2.05, 4.69) is 16.4 Å². The first-order valence-corrected chi connectivity index (χ1v) is 6.73. The zero-order valence-electron chi connectivity index (χ0n) is 11.6. The molecule has 0 atom stereocenters. The third kappa shape index (κ3) is 2.56. The molecule has 3 N–H and O–H groups in total. The standard InChI is InChI=1S/C17H13N2O3/c20-16(13-5-1-2-6-14(13)17(21)22)19-10-11-4-3-7-15-12(11)8-9-18-15/h1-2,4-9,18H,10H2,(H,19,20)(H,21,22). The van der Waals surface area contributed by atoms with Gasteiger partial charge in [0.2, 0.25) is 0 Å². The van der Waals surface area contributed by atoms with Crippen molar-refractivity contribution in [2.45, 2.75) is 6.54 Å². The first-order valence-electron chi connectivity index (χ1n) is 6.73. The molecule has 0 saturated carbocycles. The van der Waals surface area contributed by atoms with E-state index in [1.54, 1.807) is 18.2 Å². The number of aromatic carboxylic acids is 1. The number of carboxylic acids is 1. The lowest BCUT2D eigenvalue weighted by atomic mass is 10.1. The van der Waals surface area contributed by atoms with Crippen LogP contribution in [0.5, 0.6) is 0 Å². The van der Waals surface area contributed by atoms with Gasteiger partial charge < -0.3 is 15.4 Å². The zero-order valence-corrected chi connectivity index (χ0v) is 11.6. The summed E-state index contributed by atoms with van der Waals surface area (Å²) in [5.74, 6) is -1.53. The molecule has 0 aliphatic rings. The Labute approximate surface area is 126 Å². The lowest BCUT2D eigenvalue weighted by molar-refractivity contribution is 0.0691. The predicted molar refractivity (Wildman–Crippen MR) is 81.7 cm³/mol. The van der Waals surface area contributed by atoms with Gasteiger partial charge in [-0.3, -0.25) is 4.79 Å². The number of carbonyl (C=O) groups is 2. The fourth-order valence-corrected chi connectivity index (χ4v) is 2.37. The first-order chi connectivity index (χ1) is 10.7. The van der Waals surface area contributed by atoms with Crippen LogP contribution in [-0.4, -0.2) is 22.0 Å². The van der Waals surface area contributed by atoms with Crippen LogP contribution in [0.3, 0.4) is 0 Å². The molecule has 0 spiro atoms. The SMILES string of the molecule is O=C(O)c1ccccc1C(=O)NCc1c[c]cc2[nH]ccc12. The van der Waals surface area contributed by atoms with Gasteiger partial charge in [-0.05, 0) is 42.0 Å². The highest BCUT2D eigenvalue weighted by atomic mass is 16.4. The molecule has 0 aliphatic heterocycles. The first kappa shape index (κ1) is 13.9. The topological polar surface area (TPSA) is 82.2 Å². The Hall–Kier alpha value is -3.08. The molecular formula is C17H13N2O3. The highest BCUT2D eigenvalue weighted by molar-refractivity contribution is 6.04. The maximum absolute atomic E-state index is 12.2. The summed E-state index contributed by atoms with van der Waals surface area (Å²) < 4.78 is 0. The molecule has 2 aromatic carbocycles. The second-order valence-corrected chi connectivity index (χ2v) is 4.82. The maximum Gasteiger partial charge on any atom is 0.336 e. The summed E-state index contributed by atoms with van der Waals surface area (Å²) in [6.45, 7) is 0.304. The predicted octanol–water partition coefficient (Wildman–Crippen LogP) is 2.60. The van der Waals surface area contributed by atoms with E-state index in [-0.39, 0.29) is 11.1 Å². The van der Waals surface area contributed by atoms with E-state index in [9.17, 15) is 9.59 Å². The van der Waals surface area contributed by atoms with Crippen molar-refractivity contribution in [1.29, 1.82) is 0 Å². The molecule has 0 fully saturated rings. The average molecular weight is 293 g/mol. The molecule has 109 valence electrons. The summed E-state index contributed by atoms with van der Waals surface area (Å²) in [5.41, 5.74) is 2.00. The number of carboxylic acid groups (broad SMARTS) is 1. The Bertz CT molecular complexity index is 852. The number of aromatic amines is 1. The van der Waals surface area contributed by atoms with Crippen LogP contribution in [-0.2, 0) is 6.54 Å². The van der Waals surface area contributed by atoms with E-state index in [0.29, 0.717) is 6.54 Å². The van der Waals surface area contributed by atoms with Gasteiger partial charge in [-0.25, -0.2) is 4.79 Å². The van der Waals surface area contributed by atoms with Crippen molar-refractivity contribution in [1.82, 2.24) is 10.3 Å². The van der Waals surface area contributed by atoms with E-state index in [0.717, 1.165) is 16.5 Å². The molecule has 0 aliphatic carbocycles. The minimum absolute atomic E-state index is 0.00795. The van der Waals surface area contributed by atoms with E-state index in [4.69, 9.17) is 5.11 Å². The van der Waals surface area contributed by atoms with Crippen molar-refractivity contribution >= 4 is 22.8 Å². The smallest absolute Gasteiger partial charge is 0.336 e. The number of hydrogen-bond acceptors (Lipinski definition) is 2. The van der Waals surface area contributed by atoms with E-state index < -0.39 is 11.9 Å². The van der Waals surface area contributed by atoms with Crippen LogP contribution in [0.4, 0.5) is 0 Å². The molecule has 22 heavy (non-hydrogen) atoms. The molecular weight excluding hydrogens is 280 g/mol. The molecule has 3 aromatic rings. The number of carbonyl (C=O) groups excluding carboxylic acids is 1. The van der Waals surface area contributed by atoms with Crippen molar-refractivity contribution in [3.63, 3.8) is 0 Å². The number of amides is 1. The number of fused-ring (bicyclic) bond motifs is 1. The number of benzene rings is 2. The third-order valence-corrected chi connectivity index (χ3v) is 3.45. The van der Waals surface area contributed by atoms with Crippen LogP contribution in [0.2, 0.25) is 0 Å². The van der Waals surface area contributed by atoms with Gasteiger partial charge >= 0.3 is 5.97 Å². The highest BCUT2D eigenvalue weighted by Crippen LogP contribution is 2.17. The van der Waals surface area contributed by atoms with Gasteiger partial charge in [-0.2, -0.15) is 0 Å². The Kier molecular flexibility index (Phi) is 3.62. The van der Waals surface area contributed by atoms with Crippen LogP contribution in [0.1, 0.15) is 26.3 Å². The number of H-pyrrole nitrogens is 1.